The lowest BCUT2D eigenvalue weighted by atomic mass is 10.1. The van der Waals surface area contributed by atoms with Gasteiger partial charge in [0.1, 0.15) is 11.5 Å². The van der Waals surface area contributed by atoms with Crippen LogP contribution in [0.5, 0.6) is 11.5 Å². The Hall–Kier alpha value is -1.51. The monoisotopic (exact) mass is 289 g/mol. The molecule has 2 aromatic rings. The van der Waals surface area contributed by atoms with Gasteiger partial charge in [0.05, 0.1) is 5.02 Å². The Labute approximate surface area is 125 Å². The molecule has 0 amide bonds. The van der Waals surface area contributed by atoms with E-state index in [4.69, 9.17) is 16.3 Å². The molecule has 2 rings (SSSR count). The van der Waals surface area contributed by atoms with Crippen molar-refractivity contribution < 1.29 is 4.74 Å². The molecule has 2 aromatic carbocycles. The van der Waals surface area contributed by atoms with Crippen LogP contribution in [0.15, 0.2) is 42.5 Å². The minimum atomic E-state index is 0.626. The van der Waals surface area contributed by atoms with E-state index >= 15 is 0 Å². The normalized spacial score (nSPS) is 10.6. The number of hydrogen-bond donors (Lipinski definition) is 1. The minimum Gasteiger partial charge on any atom is -0.455 e. The van der Waals surface area contributed by atoms with E-state index in [0.29, 0.717) is 10.8 Å². The largest absolute Gasteiger partial charge is 0.455 e. The molecule has 0 bridgehead atoms. The van der Waals surface area contributed by atoms with Gasteiger partial charge in [-0.2, -0.15) is 0 Å². The van der Waals surface area contributed by atoms with Gasteiger partial charge in [0.25, 0.3) is 0 Å². The number of benzene rings is 2. The SMILES string of the molecule is CCCNCc1cc(C)ccc1Oc1ccccc1Cl. The van der Waals surface area contributed by atoms with Crippen LogP contribution in [0.25, 0.3) is 0 Å². The van der Waals surface area contributed by atoms with Crippen molar-refractivity contribution in [3.63, 3.8) is 0 Å². The Kier molecular flexibility index (Phi) is 5.45. The van der Waals surface area contributed by atoms with E-state index in [1.807, 2.05) is 30.3 Å². The number of aryl methyl sites for hydroxylation is 1. The van der Waals surface area contributed by atoms with Gasteiger partial charge in [-0.1, -0.05) is 48.4 Å². The lowest BCUT2D eigenvalue weighted by Gasteiger charge is -2.13. The van der Waals surface area contributed by atoms with Crippen LogP contribution in [-0.2, 0) is 6.54 Å². The summed E-state index contributed by atoms with van der Waals surface area (Å²) in [5.74, 6) is 1.54. The molecule has 3 heteroatoms. The molecule has 0 aliphatic heterocycles. The predicted octanol–water partition coefficient (Wildman–Crippen LogP) is 4.94. The number of halogens is 1. The van der Waals surface area contributed by atoms with Gasteiger partial charge in [-0.25, -0.2) is 0 Å². The lowest BCUT2D eigenvalue weighted by Crippen LogP contribution is -2.14. The summed E-state index contributed by atoms with van der Waals surface area (Å²) in [6, 6.07) is 13.7. The maximum atomic E-state index is 6.14. The molecule has 0 unspecified atom stereocenters. The van der Waals surface area contributed by atoms with Crippen molar-refractivity contribution >= 4 is 11.6 Å². The van der Waals surface area contributed by atoms with Crippen molar-refractivity contribution in [2.24, 2.45) is 0 Å². The maximum Gasteiger partial charge on any atom is 0.146 e. The van der Waals surface area contributed by atoms with E-state index in [9.17, 15) is 0 Å². The summed E-state index contributed by atoms with van der Waals surface area (Å²) in [5.41, 5.74) is 2.38. The van der Waals surface area contributed by atoms with E-state index in [0.717, 1.165) is 30.8 Å². The summed E-state index contributed by atoms with van der Waals surface area (Å²) >= 11 is 6.14. The zero-order valence-electron chi connectivity index (χ0n) is 11.9. The molecule has 0 aliphatic rings. The Morgan fingerprint density at radius 1 is 1.10 bits per heavy atom. The zero-order valence-corrected chi connectivity index (χ0v) is 12.7. The van der Waals surface area contributed by atoms with Gasteiger partial charge >= 0.3 is 0 Å². The van der Waals surface area contributed by atoms with E-state index in [1.165, 1.54) is 5.56 Å². The van der Waals surface area contributed by atoms with Gasteiger partial charge in [-0.05, 0) is 38.1 Å². The summed E-state index contributed by atoms with van der Waals surface area (Å²) in [5, 5.41) is 4.03. The molecule has 20 heavy (non-hydrogen) atoms. The molecule has 2 nitrogen and oxygen atoms in total. The second-order valence-electron chi connectivity index (χ2n) is 4.82. The van der Waals surface area contributed by atoms with Crippen LogP contribution in [0.3, 0.4) is 0 Å². The van der Waals surface area contributed by atoms with Crippen molar-refractivity contribution in [3.05, 3.63) is 58.6 Å². The first-order chi connectivity index (χ1) is 9.70. The average Bonchev–Trinajstić information content (AvgIpc) is 2.44. The van der Waals surface area contributed by atoms with E-state index in [2.05, 4.69) is 31.3 Å². The Bertz CT molecular complexity index is 569. The van der Waals surface area contributed by atoms with Crippen LogP contribution in [0.4, 0.5) is 0 Å². The van der Waals surface area contributed by atoms with Crippen LogP contribution in [0, 0.1) is 6.92 Å². The molecule has 0 atom stereocenters. The highest BCUT2D eigenvalue weighted by molar-refractivity contribution is 6.32. The van der Waals surface area contributed by atoms with Gasteiger partial charge in [0, 0.05) is 12.1 Å². The minimum absolute atomic E-state index is 0.626. The molecule has 106 valence electrons. The highest BCUT2D eigenvalue weighted by Crippen LogP contribution is 2.31. The van der Waals surface area contributed by atoms with Crippen molar-refractivity contribution in [2.75, 3.05) is 6.54 Å². The standard InChI is InChI=1S/C17H20ClNO/c1-3-10-19-12-14-11-13(2)8-9-16(14)20-17-7-5-4-6-15(17)18/h4-9,11,19H,3,10,12H2,1-2H3. The highest BCUT2D eigenvalue weighted by Gasteiger charge is 2.07. The van der Waals surface area contributed by atoms with Gasteiger partial charge < -0.3 is 10.1 Å². The van der Waals surface area contributed by atoms with Crippen molar-refractivity contribution in [1.82, 2.24) is 5.32 Å². The number of rotatable bonds is 6. The Morgan fingerprint density at radius 3 is 2.65 bits per heavy atom. The third-order valence-electron chi connectivity index (χ3n) is 3.01. The van der Waals surface area contributed by atoms with Gasteiger partial charge in [-0.3, -0.25) is 0 Å². The molecule has 0 saturated carbocycles. The maximum absolute atomic E-state index is 6.14. The number of ether oxygens (including phenoxy) is 1. The van der Waals surface area contributed by atoms with E-state index < -0.39 is 0 Å². The van der Waals surface area contributed by atoms with Crippen LogP contribution in [-0.4, -0.2) is 6.54 Å². The van der Waals surface area contributed by atoms with Gasteiger partial charge in [0.15, 0.2) is 0 Å². The molecule has 0 aromatic heterocycles. The summed E-state index contributed by atoms with van der Waals surface area (Å²) in [4.78, 5) is 0. The topological polar surface area (TPSA) is 21.3 Å². The Balaban J connectivity index is 2.20. The van der Waals surface area contributed by atoms with Crippen molar-refractivity contribution in [1.29, 1.82) is 0 Å². The fourth-order valence-electron chi connectivity index (χ4n) is 1.99. The van der Waals surface area contributed by atoms with Crippen LogP contribution in [0.2, 0.25) is 5.02 Å². The number of hydrogen-bond acceptors (Lipinski definition) is 2. The second-order valence-corrected chi connectivity index (χ2v) is 5.23. The third kappa shape index (κ3) is 3.99. The van der Waals surface area contributed by atoms with Crippen LogP contribution in [0.1, 0.15) is 24.5 Å². The molecule has 0 fully saturated rings. The average molecular weight is 290 g/mol. The lowest BCUT2D eigenvalue weighted by molar-refractivity contribution is 0.472. The number of para-hydroxylation sites is 1. The molecule has 0 radical (unpaired) electrons. The molecule has 0 saturated heterocycles. The summed E-state index contributed by atoms with van der Waals surface area (Å²) in [7, 11) is 0. The fraction of sp³-hybridized carbons (Fsp3) is 0.294. The summed E-state index contributed by atoms with van der Waals surface area (Å²) in [6.07, 6.45) is 1.12. The van der Waals surface area contributed by atoms with Crippen LogP contribution >= 0.6 is 11.6 Å². The summed E-state index contributed by atoms with van der Waals surface area (Å²) in [6.45, 7) is 6.04. The molecule has 0 heterocycles. The molecular formula is C17H20ClNO. The smallest absolute Gasteiger partial charge is 0.146 e. The van der Waals surface area contributed by atoms with Gasteiger partial charge in [-0.15, -0.1) is 0 Å². The van der Waals surface area contributed by atoms with Crippen molar-refractivity contribution in [2.45, 2.75) is 26.8 Å². The zero-order chi connectivity index (χ0) is 14.4. The van der Waals surface area contributed by atoms with Crippen molar-refractivity contribution in [3.8, 4) is 11.5 Å². The summed E-state index contributed by atoms with van der Waals surface area (Å²) < 4.78 is 5.95. The molecule has 0 aliphatic carbocycles. The van der Waals surface area contributed by atoms with E-state index in [1.54, 1.807) is 0 Å². The molecule has 1 N–H and O–H groups in total. The predicted molar refractivity (Wildman–Crippen MR) is 84.7 cm³/mol. The first kappa shape index (κ1) is 14.9. The van der Waals surface area contributed by atoms with E-state index in [-0.39, 0.29) is 0 Å². The van der Waals surface area contributed by atoms with Gasteiger partial charge in [0.2, 0.25) is 0 Å². The number of nitrogens with one attached hydrogen (secondary N) is 1. The first-order valence-corrected chi connectivity index (χ1v) is 7.31. The first-order valence-electron chi connectivity index (χ1n) is 6.93. The second kappa shape index (κ2) is 7.32. The Morgan fingerprint density at radius 2 is 1.90 bits per heavy atom. The highest BCUT2D eigenvalue weighted by atomic mass is 35.5. The fourth-order valence-corrected chi connectivity index (χ4v) is 2.17. The molecule has 0 spiro atoms. The molecular weight excluding hydrogens is 270 g/mol. The third-order valence-corrected chi connectivity index (χ3v) is 3.33. The quantitative estimate of drug-likeness (QED) is 0.761. The van der Waals surface area contributed by atoms with Crippen LogP contribution < -0.4 is 10.1 Å².